The van der Waals surface area contributed by atoms with Gasteiger partial charge in [-0.15, -0.1) is 0 Å². The summed E-state index contributed by atoms with van der Waals surface area (Å²) >= 11 is 11.9. The van der Waals surface area contributed by atoms with Gasteiger partial charge in [0.15, 0.2) is 0 Å². The molecule has 0 aliphatic rings. The minimum Gasteiger partial charge on any atom is -0.329 e. The van der Waals surface area contributed by atoms with Crippen LogP contribution >= 0.6 is 23.2 Å². The lowest BCUT2D eigenvalue weighted by Crippen LogP contribution is -2.43. The molecule has 2 rings (SSSR count). The van der Waals surface area contributed by atoms with E-state index in [1.54, 1.807) is 30.3 Å². The Hall–Kier alpha value is -1.78. The second-order valence-electron chi connectivity index (χ2n) is 5.31. The lowest BCUT2D eigenvalue weighted by molar-refractivity contribution is 0.242. The van der Waals surface area contributed by atoms with Gasteiger partial charge in [-0.1, -0.05) is 41.4 Å². The maximum absolute atomic E-state index is 13.0. The van der Waals surface area contributed by atoms with Gasteiger partial charge in [0.1, 0.15) is 5.82 Å². The van der Waals surface area contributed by atoms with Gasteiger partial charge in [0, 0.05) is 0 Å². The summed E-state index contributed by atoms with van der Waals surface area (Å²) in [5, 5.41) is 6.10. The number of nitrogens with one attached hydrogen (secondary N) is 2. The van der Waals surface area contributed by atoms with Crippen molar-refractivity contribution in [3.8, 4) is 0 Å². The molecular weight excluding hydrogens is 326 g/mol. The Bertz CT molecular complexity index is 687. The summed E-state index contributed by atoms with van der Waals surface area (Å²) in [6.45, 7) is 3.64. The highest BCUT2D eigenvalue weighted by Gasteiger charge is 2.23. The third-order valence-corrected chi connectivity index (χ3v) is 4.01. The zero-order valence-corrected chi connectivity index (χ0v) is 13.6. The lowest BCUT2D eigenvalue weighted by atomic mass is 9.94. The molecule has 2 amide bonds. The second-order valence-corrected chi connectivity index (χ2v) is 6.10. The number of hydrogen-bond donors (Lipinski definition) is 2. The highest BCUT2D eigenvalue weighted by Crippen LogP contribution is 2.29. The molecule has 0 fully saturated rings. The maximum Gasteiger partial charge on any atom is 0.319 e. The van der Waals surface area contributed by atoms with Crippen molar-refractivity contribution in [3.05, 3.63) is 63.9 Å². The molecule has 22 heavy (non-hydrogen) atoms. The smallest absolute Gasteiger partial charge is 0.319 e. The lowest BCUT2D eigenvalue weighted by Gasteiger charge is -2.27. The van der Waals surface area contributed by atoms with Crippen molar-refractivity contribution in [1.82, 2.24) is 5.32 Å². The van der Waals surface area contributed by atoms with Crippen molar-refractivity contribution in [2.24, 2.45) is 0 Å². The number of carbonyl (C=O) groups excluding carboxylic acids is 1. The number of benzene rings is 2. The van der Waals surface area contributed by atoms with Crippen LogP contribution in [0.15, 0.2) is 42.5 Å². The summed E-state index contributed by atoms with van der Waals surface area (Å²) in [6, 6.07) is 10.5. The van der Waals surface area contributed by atoms with E-state index in [-0.39, 0.29) is 10.8 Å². The fraction of sp³-hybridized carbons (Fsp3) is 0.188. The van der Waals surface area contributed by atoms with Crippen molar-refractivity contribution in [2.45, 2.75) is 19.4 Å². The Morgan fingerprint density at radius 3 is 2.36 bits per heavy atom. The Balaban J connectivity index is 2.10. The monoisotopic (exact) mass is 340 g/mol. The number of halogens is 3. The van der Waals surface area contributed by atoms with Gasteiger partial charge < -0.3 is 10.6 Å². The van der Waals surface area contributed by atoms with Crippen LogP contribution in [0.2, 0.25) is 10.0 Å². The second kappa shape index (κ2) is 6.55. The standard InChI is InChI=1S/C16H15Cl2FN2O/c1-16(2,10-6-8-11(19)9-7-10)21-15(22)20-13-5-3-4-12(17)14(13)18/h3-9H,1-2H3,(H2,20,21,22). The van der Waals surface area contributed by atoms with Crippen LogP contribution < -0.4 is 10.6 Å². The van der Waals surface area contributed by atoms with Gasteiger partial charge in [0.25, 0.3) is 0 Å². The van der Waals surface area contributed by atoms with Gasteiger partial charge in [0.2, 0.25) is 0 Å². The molecule has 0 unspecified atom stereocenters. The van der Waals surface area contributed by atoms with Gasteiger partial charge in [-0.25, -0.2) is 9.18 Å². The number of anilines is 1. The van der Waals surface area contributed by atoms with Crippen LogP contribution in [0.3, 0.4) is 0 Å². The van der Waals surface area contributed by atoms with E-state index in [9.17, 15) is 9.18 Å². The van der Waals surface area contributed by atoms with Gasteiger partial charge in [0.05, 0.1) is 21.3 Å². The summed E-state index contributed by atoms with van der Waals surface area (Å²) < 4.78 is 13.0. The van der Waals surface area contributed by atoms with E-state index in [1.807, 2.05) is 13.8 Å². The molecule has 3 nitrogen and oxygen atoms in total. The largest absolute Gasteiger partial charge is 0.329 e. The summed E-state index contributed by atoms with van der Waals surface area (Å²) in [6.07, 6.45) is 0. The molecule has 0 atom stereocenters. The molecule has 2 N–H and O–H groups in total. The first-order valence-electron chi connectivity index (χ1n) is 6.59. The highest BCUT2D eigenvalue weighted by molar-refractivity contribution is 6.43. The van der Waals surface area contributed by atoms with Crippen LogP contribution in [-0.2, 0) is 5.54 Å². The topological polar surface area (TPSA) is 41.1 Å². The highest BCUT2D eigenvalue weighted by atomic mass is 35.5. The molecular formula is C16H15Cl2FN2O. The first-order valence-corrected chi connectivity index (χ1v) is 7.34. The molecule has 0 heterocycles. The number of carbonyl (C=O) groups is 1. The quantitative estimate of drug-likeness (QED) is 0.793. The van der Waals surface area contributed by atoms with Crippen molar-refractivity contribution in [1.29, 1.82) is 0 Å². The molecule has 0 aliphatic heterocycles. The SMILES string of the molecule is CC(C)(NC(=O)Nc1cccc(Cl)c1Cl)c1ccc(F)cc1. The third kappa shape index (κ3) is 3.90. The van der Waals surface area contributed by atoms with Gasteiger partial charge in [-0.05, 0) is 43.7 Å². The molecule has 0 radical (unpaired) electrons. The molecule has 0 saturated carbocycles. The van der Waals surface area contributed by atoms with E-state index in [2.05, 4.69) is 10.6 Å². The Labute approximate surface area is 138 Å². The van der Waals surface area contributed by atoms with Gasteiger partial charge in [-0.3, -0.25) is 0 Å². The fourth-order valence-corrected chi connectivity index (χ4v) is 2.32. The number of rotatable bonds is 3. The molecule has 0 aliphatic carbocycles. The fourth-order valence-electron chi connectivity index (χ4n) is 1.98. The van der Waals surface area contributed by atoms with Crippen LogP contribution in [0.5, 0.6) is 0 Å². The summed E-state index contributed by atoms with van der Waals surface area (Å²) in [4.78, 5) is 12.1. The Morgan fingerprint density at radius 1 is 1.09 bits per heavy atom. The van der Waals surface area contributed by atoms with E-state index < -0.39 is 11.6 Å². The van der Waals surface area contributed by atoms with E-state index in [0.29, 0.717) is 10.7 Å². The van der Waals surface area contributed by atoms with Crippen LogP contribution in [0.4, 0.5) is 14.9 Å². The number of hydrogen-bond acceptors (Lipinski definition) is 1. The van der Waals surface area contributed by atoms with Crippen LogP contribution in [0.25, 0.3) is 0 Å². The number of urea groups is 1. The van der Waals surface area contributed by atoms with Crippen molar-refractivity contribution < 1.29 is 9.18 Å². The van der Waals surface area contributed by atoms with E-state index in [0.717, 1.165) is 5.56 Å². The van der Waals surface area contributed by atoms with Crippen molar-refractivity contribution >= 4 is 34.9 Å². The first kappa shape index (κ1) is 16.6. The predicted molar refractivity (Wildman–Crippen MR) is 88.0 cm³/mol. The summed E-state index contributed by atoms with van der Waals surface area (Å²) in [7, 11) is 0. The molecule has 0 spiro atoms. The van der Waals surface area contributed by atoms with Crippen molar-refractivity contribution in [2.75, 3.05) is 5.32 Å². The average Bonchev–Trinajstić information content (AvgIpc) is 2.44. The first-order chi connectivity index (χ1) is 10.3. The number of amides is 2. The predicted octanol–water partition coefficient (Wildman–Crippen LogP) is 5.19. The maximum atomic E-state index is 13.0. The zero-order chi connectivity index (χ0) is 16.3. The van der Waals surface area contributed by atoms with E-state index in [4.69, 9.17) is 23.2 Å². The minimum atomic E-state index is -0.678. The zero-order valence-electron chi connectivity index (χ0n) is 12.1. The Kier molecular flexibility index (Phi) is 4.94. The van der Waals surface area contributed by atoms with Crippen molar-refractivity contribution in [3.63, 3.8) is 0 Å². The minimum absolute atomic E-state index is 0.277. The van der Waals surface area contributed by atoms with Crippen LogP contribution in [-0.4, -0.2) is 6.03 Å². The van der Waals surface area contributed by atoms with Crippen LogP contribution in [0.1, 0.15) is 19.4 Å². The molecule has 116 valence electrons. The Morgan fingerprint density at radius 2 is 1.73 bits per heavy atom. The van der Waals surface area contributed by atoms with Gasteiger partial charge >= 0.3 is 6.03 Å². The molecule has 0 saturated heterocycles. The summed E-state index contributed by atoms with van der Waals surface area (Å²) in [5.74, 6) is -0.324. The molecule has 0 bridgehead atoms. The van der Waals surface area contributed by atoms with E-state index in [1.165, 1.54) is 12.1 Å². The molecule has 0 aromatic heterocycles. The molecule has 2 aromatic rings. The average molecular weight is 341 g/mol. The van der Waals surface area contributed by atoms with Crippen LogP contribution in [0, 0.1) is 5.82 Å². The third-order valence-electron chi connectivity index (χ3n) is 3.19. The van der Waals surface area contributed by atoms with E-state index >= 15 is 0 Å². The molecule has 2 aromatic carbocycles. The molecule has 6 heteroatoms. The normalized spacial score (nSPS) is 11.1. The van der Waals surface area contributed by atoms with Gasteiger partial charge in [-0.2, -0.15) is 0 Å². The summed E-state index contributed by atoms with van der Waals surface area (Å²) in [5.41, 5.74) is 0.519.